The summed E-state index contributed by atoms with van der Waals surface area (Å²) in [6.45, 7) is 10.1. The maximum Gasteiger partial charge on any atom is 0.157 e. The van der Waals surface area contributed by atoms with E-state index in [0.29, 0.717) is 5.92 Å². The van der Waals surface area contributed by atoms with Crippen LogP contribution in [0.1, 0.15) is 47.5 Å². The number of rotatable bonds is 5. The lowest BCUT2D eigenvalue weighted by atomic mass is 10.1. The Hall–Kier alpha value is -0.790. The van der Waals surface area contributed by atoms with Crippen LogP contribution in [0.4, 0.5) is 0 Å². The Kier molecular flexibility index (Phi) is 6.26. The summed E-state index contributed by atoms with van der Waals surface area (Å²) in [5.74, 6) is 0.366. The molecule has 0 N–H and O–H groups in total. The largest absolute Gasteiger partial charge is 0.624 e. The van der Waals surface area contributed by atoms with Gasteiger partial charge >= 0.3 is 0 Å². The highest BCUT2D eigenvalue weighted by Crippen LogP contribution is 2.05. The third-order valence-corrected chi connectivity index (χ3v) is 2.08. The van der Waals surface area contributed by atoms with Crippen molar-refractivity contribution < 1.29 is 4.74 Å². The number of nitrogens with zero attached hydrogens (tertiary/aromatic N) is 1. The molecule has 0 amide bonds. The van der Waals surface area contributed by atoms with Crippen molar-refractivity contribution in [2.24, 2.45) is 5.92 Å². The fraction of sp³-hybridized carbons (Fsp3) is 0.750. The molecule has 2 nitrogen and oxygen atoms in total. The van der Waals surface area contributed by atoms with E-state index in [1.807, 2.05) is 13.8 Å². The minimum absolute atomic E-state index is 0.0564. The summed E-state index contributed by atoms with van der Waals surface area (Å²) >= 11 is 0. The quantitative estimate of drug-likeness (QED) is 0.218. The fourth-order valence-corrected chi connectivity index (χ4v) is 1.13. The fourth-order valence-electron chi connectivity index (χ4n) is 1.13. The number of hydrogen-bond acceptors (Lipinski definition) is 1. The molecule has 0 fully saturated rings. The normalized spacial score (nSPS) is 14.3. The molecule has 0 saturated heterocycles. The molecule has 0 saturated carbocycles. The smallest absolute Gasteiger partial charge is 0.157 e. The third-order valence-electron chi connectivity index (χ3n) is 2.08. The Morgan fingerprint density at radius 1 is 1.29 bits per heavy atom. The molecule has 0 aliphatic rings. The standard InChI is InChI=1S/C12H23NO/c1-10(2)7-6-8-12(5)9-13(14)11(3)4/h7,9,11-12H,6,8H2,1-5H3/b13-9+. The van der Waals surface area contributed by atoms with Gasteiger partial charge in [-0.1, -0.05) is 18.6 Å². The van der Waals surface area contributed by atoms with Crippen LogP contribution in [0, 0.1) is 11.1 Å². The van der Waals surface area contributed by atoms with E-state index in [-0.39, 0.29) is 6.04 Å². The van der Waals surface area contributed by atoms with Crippen molar-refractivity contribution >= 4 is 6.21 Å². The van der Waals surface area contributed by atoms with Gasteiger partial charge in [0.2, 0.25) is 0 Å². The molecule has 14 heavy (non-hydrogen) atoms. The van der Waals surface area contributed by atoms with Crippen LogP contribution in [0.25, 0.3) is 0 Å². The first-order chi connectivity index (χ1) is 6.43. The molecule has 0 heterocycles. The van der Waals surface area contributed by atoms with Crippen LogP contribution < -0.4 is 0 Å². The Labute approximate surface area is 87.9 Å². The van der Waals surface area contributed by atoms with E-state index in [1.54, 1.807) is 6.21 Å². The van der Waals surface area contributed by atoms with Gasteiger partial charge in [-0.15, -0.1) is 0 Å². The van der Waals surface area contributed by atoms with Crippen molar-refractivity contribution in [1.82, 2.24) is 0 Å². The predicted octanol–water partition coefficient (Wildman–Crippen LogP) is 3.36. The Balaban J connectivity index is 3.92. The van der Waals surface area contributed by atoms with Gasteiger partial charge < -0.3 is 5.21 Å². The van der Waals surface area contributed by atoms with E-state index < -0.39 is 0 Å². The lowest BCUT2D eigenvalue weighted by Gasteiger charge is -2.10. The van der Waals surface area contributed by atoms with Gasteiger partial charge in [0, 0.05) is 5.92 Å². The highest BCUT2D eigenvalue weighted by atomic mass is 16.5. The zero-order valence-corrected chi connectivity index (χ0v) is 10.1. The molecule has 0 aromatic rings. The van der Waals surface area contributed by atoms with Gasteiger partial charge in [-0.05, 0) is 40.5 Å². The molecule has 0 spiro atoms. The molecule has 0 aliphatic carbocycles. The predicted molar refractivity (Wildman–Crippen MR) is 62.7 cm³/mol. The zero-order valence-electron chi connectivity index (χ0n) is 10.1. The molecule has 0 aromatic carbocycles. The summed E-state index contributed by atoms with van der Waals surface area (Å²) in [4.78, 5) is 0. The van der Waals surface area contributed by atoms with E-state index >= 15 is 0 Å². The maximum absolute atomic E-state index is 11.3. The lowest BCUT2D eigenvalue weighted by molar-refractivity contribution is -0.489. The molecular formula is C12H23NO. The van der Waals surface area contributed by atoms with Crippen molar-refractivity contribution in [3.8, 4) is 0 Å². The molecule has 0 aromatic heterocycles. The van der Waals surface area contributed by atoms with Crippen LogP contribution in [-0.2, 0) is 0 Å². The monoisotopic (exact) mass is 197 g/mol. The van der Waals surface area contributed by atoms with Gasteiger partial charge in [-0.25, -0.2) is 4.74 Å². The SMILES string of the molecule is CC(C)=CCCC(C)/C=[N+](/[O-])C(C)C. The summed E-state index contributed by atoms with van der Waals surface area (Å²) < 4.78 is 1.05. The Morgan fingerprint density at radius 3 is 2.29 bits per heavy atom. The van der Waals surface area contributed by atoms with Crippen LogP contribution in [0.5, 0.6) is 0 Å². The number of allylic oxidation sites excluding steroid dienone is 2. The Morgan fingerprint density at radius 2 is 1.86 bits per heavy atom. The molecule has 0 aliphatic heterocycles. The van der Waals surface area contributed by atoms with E-state index in [2.05, 4.69) is 26.8 Å². The molecule has 2 heteroatoms. The van der Waals surface area contributed by atoms with Crippen molar-refractivity contribution in [2.45, 2.75) is 53.5 Å². The van der Waals surface area contributed by atoms with Crippen molar-refractivity contribution in [3.63, 3.8) is 0 Å². The first kappa shape index (κ1) is 13.2. The molecular weight excluding hydrogens is 174 g/mol. The van der Waals surface area contributed by atoms with Gasteiger partial charge in [0.05, 0.1) is 0 Å². The summed E-state index contributed by atoms with van der Waals surface area (Å²) in [5.41, 5.74) is 1.35. The molecule has 82 valence electrons. The highest BCUT2D eigenvalue weighted by molar-refractivity contribution is 5.54. The average Bonchev–Trinajstić information content (AvgIpc) is 2.02. The molecule has 0 radical (unpaired) electrons. The molecule has 1 atom stereocenters. The van der Waals surface area contributed by atoms with Crippen LogP contribution >= 0.6 is 0 Å². The summed E-state index contributed by atoms with van der Waals surface area (Å²) in [6.07, 6.45) is 6.11. The van der Waals surface area contributed by atoms with Crippen LogP contribution in [0.15, 0.2) is 11.6 Å². The number of hydroxylamine groups is 1. The van der Waals surface area contributed by atoms with Crippen molar-refractivity contribution in [1.29, 1.82) is 0 Å². The maximum atomic E-state index is 11.3. The van der Waals surface area contributed by atoms with Crippen LogP contribution in [-0.4, -0.2) is 17.0 Å². The number of hydrogen-bond donors (Lipinski definition) is 0. The van der Waals surface area contributed by atoms with Gasteiger partial charge in [0.25, 0.3) is 0 Å². The molecule has 0 rings (SSSR count). The van der Waals surface area contributed by atoms with E-state index in [1.165, 1.54) is 5.57 Å². The first-order valence-corrected chi connectivity index (χ1v) is 5.37. The van der Waals surface area contributed by atoms with Gasteiger partial charge in [-0.3, -0.25) is 0 Å². The Bertz CT molecular complexity index is 212. The van der Waals surface area contributed by atoms with E-state index in [9.17, 15) is 5.21 Å². The van der Waals surface area contributed by atoms with Crippen LogP contribution in [0.3, 0.4) is 0 Å². The first-order valence-electron chi connectivity index (χ1n) is 5.37. The summed E-state index contributed by atoms with van der Waals surface area (Å²) in [7, 11) is 0. The molecule has 0 bridgehead atoms. The third kappa shape index (κ3) is 6.70. The highest BCUT2D eigenvalue weighted by Gasteiger charge is 2.05. The zero-order chi connectivity index (χ0) is 11.1. The van der Waals surface area contributed by atoms with Crippen molar-refractivity contribution in [2.75, 3.05) is 0 Å². The molecule has 1 unspecified atom stereocenters. The topological polar surface area (TPSA) is 26.1 Å². The van der Waals surface area contributed by atoms with E-state index in [0.717, 1.165) is 17.6 Å². The minimum Gasteiger partial charge on any atom is -0.624 e. The minimum atomic E-state index is 0.0564. The second-order valence-electron chi connectivity index (χ2n) is 4.44. The van der Waals surface area contributed by atoms with Crippen LogP contribution in [0.2, 0.25) is 0 Å². The average molecular weight is 197 g/mol. The second-order valence-corrected chi connectivity index (χ2v) is 4.44. The lowest BCUT2D eigenvalue weighted by Crippen LogP contribution is -2.17. The van der Waals surface area contributed by atoms with Gasteiger partial charge in [0.1, 0.15) is 0 Å². The second kappa shape index (κ2) is 6.63. The van der Waals surface area contributed by atoms with E-state index in [4.69, 9.17) is 0 Å². The van der Waals surface area contributed by atoms with Crippen molar-refractivity contribution in [3.05, 3.63) is 16.9 Å². The summed E-state index contributed by atoms with van der Waals surface area (Å²) in [5, 5.41) is 11.3. The van der Waals surface area contributed by atoms with Gasteiger partial charge in [-0.2, -0.15) is 0 Å². The van der Waals surface area contributed by atoms with Gasteiger partial charge in [0.15, 0.2) is 12.3 Å². The summed E-state index contributed by atoms with van der Waals surface area (Å²) in [6, 6.07) is 0.0564.